The van der Waals surface area contributed by atoms with Crippen molar-refractivity contribution in [1.82, 2.24) is 5.32 Å². The number of ketones is 1. The average molecular weight is 396 g/mol. The zero-order chi connectivity index (χ0) is 21.1. The molecule has 0 unspecified atom stereocenters. The summed E-state index contributed by atoms with van der Waals surface area (Å²) in [5, 5.41) is 2.91. The van der Waals surface area contributed by atoms with E-state index in [0.29, 0.717) is 35.4 Å². The van der Waals surface area contributed by atoms with Crippen molar-refractivity contribution in [3.05, 3.63) is 58.4 Å². The van der Waals surface area contributed by atoms with Crippen molar-refractivity contribution in [3.63, 3.8) is 0 Å². The normalized spacial score (nSPS) is 13.6. The first-order valence-electron chi connectivity index (χ1n) is 10.5. The van der Waals surface area contributed by atoms with Gasteiger partial charge in [-0.15, -0.1) is 0 Å². The van der Waals surface area contributed by atoms with E-state index in [9.17, 15) is 14.0 Å². The summed E-state index contributed by atoms with van der Waals surface area (Å²) in [7, 11) is 0. The van der Waals surface area contributed by atoms with Gasteiger partial charge in [0.25, 0.3) is 5.91 Å². The van der Waals surface area contributed by atoms with Gasteiger partial charge in [0, 0.05) is 24.4 Å². The molecule has 29 heavy (non-hydrogen) atoms. The van der Waals surface area contributed by atoms with Crippen LogP contribution in [0, 0.1) is 25.6 Å². The molecule has 1 aliphatic carbocycles. The first-order valence-corrected chi connectivity index (χ1v) is 10.5. The van der Waals surface area contributed by atoms with Crippen LogP contribution in [-0.2, 0) is 11.2 Å². The number of rotatable bonds is 8. The maximum Gasteiger partial charge on any atom is 0.251 e. The van der Waals surface area contributed by atoms with E-state index in [1.807, 2.05) is 25.1 Å². The summed E-state index contributed by atoms with van der Waals surface area (Å²) < 4.78 is 14.5. The van der Waals surface area contributed by atoms with Crippen molar-refractivity contribution in [2.24, 2.45) is 5.92 Å². The summed E-state index contributed by atoms with van der Waals surface area (Å²) in [5.74, 6) is 0.158. The highest BCUT2D eigenvalue weighted by Crippen LogP contribution is 2.29. The predicted octanol–water partition coefficient (Wildman–Crippen LogP) is 5.55. The number of halogens is 1. The first kappa shape index (κ1) is 21.2. The largest absolute Gasteiger partial charge is 0.349 e. The molecule has 3 nitrogen and oxygen atoms in total. The van der Waals surface area contributed by atoms with Crippen molar-refractivity contribution >= 4 is 11.7 Å². The molecule has 2 aromatic carbocycles. The number of nitrogens with one attached hydrogen (secondary N) is 1. The number of aryl methyl sites for hydroxylation is 1. The molecule has 0 atom stereocenters. The van der Waals surface area contributed by atoms with Crippen LogP contribution < -0.4 is 5.32 Å². The highest BCUT2D eigenvalue weighted by molar-refractivity contribution is 5.96. The third kappa shape index (κ3) is 5.53. The number of hydrogen-bond acceptors (Lipinski definition) is 2. The van der Waals surface area contributed by atoms with Crippen LogP contribution in [0.1, 0.15) is 66.6 Å². The standard InChI is InChI=1S/C25H30FNO2/c1-15(2)5-10-22(28)12-18-6-7-19(11-16(18)3)23-13-20(14-24(26)17(23)4)25(29)27-21-8-9-21/h6-7,11,13-15,21H,5,8-10,12H2,1-4H3,(H,27,29). The van der Waals surface area contributed by atoms with E-state index in [-0.39, 0.29) is 23.5 Å². The molecule has 0 radical (unpaired) electrons. The predicted molar refractivity (Wildman–Crippen MR) is 115 cm³/mol. The van der Waals surface area contributed by atoms with E-state index < -0.39 is 0 Å². The molecule has 1 amide bonds. The quantitative estimate of drug-likeness (QED) is 0.637. The molecule has 4 heteroatoms. The van der Waals surface area contributed by atoms with Crippen molar-refractivity contribution in [1.29, 1.82) is 0 Å². The van der Waals surface area contributed by atoms with Gasteiger partial charge in [0.1, 0.15) is 11.6 Å². The maximum absolute atomic E-state index is 14.5. The molecule has 1 N–H and O–H groups in total. The van der Waals surface area contributed by atoms with Gasteiger partial charge >= 0.3 is 0 Å². The Balaban J connectivity index is 1.82. The van der Waals surface area contributed by atoms with Gasteiger partial charge in [-0.1, -0.05) is 32.0 Å². The Hall–Kier alpha value is -2.49. The van der Waals surface area contributed by atoms with Crippen LogP contribution in [0.5, 0.6) is 0 Å². The molecule has 2 aromatic rings. The molecule has 0 spiro atoms. The van der Waals surface area contributed by atoms with Crippen molar-refractivity contribution < 1.29 is 14.0 Å². The molecule has 0 bridgehead atoms. The van der Waals surface area contributed by atoms with Crippen LogP contribution in [0.3, 0.4) is 0 Å². The fourth-order valence-corrected chi connectivity index (χ4v) is 3.42. The maximum atomic E-state index is 14.5. The van der Waals surface area contributed by atoms with E-state index >= 15 is 0 Å². The lowest BCUT2D eigenvalue weighted by Crippen LogP contribution is -2.25. The number of hydrogen-bond donors (Lipinski definition) is 1. The van der Waals surface area contributed by atoms with Gasteiger partial charge in [-0.05, 0) is 79.0 Å². The lowest BCUT2D eigenvalue weighted by molar-refractivity contribution is -0.118. The van der Waals surface area contributed by atoms with E-state index in [2.05, 4.69) is 19.2 Å². The number of carbonyl (C=O) groups excluding carboxylic acids is 2. The van der Waals surface area contributed by atoms with Crippen LogP contribution >= 0.6 is 0 Å². The average Bonchev–Trinajstić information content (AvgIpc) is 3.47. The summed E-state index contributed by atoms with van der Waals surface area (Å²) in [4.78, 5) is 24.6. The van der Waals surface area contributed by atoms with Crippen LogP contribution in [0.25, 0.3) is 11.1 Å². The van der Waals surface area contributed by atoms with Crippen LogP contribution in [0.4, 0.5) is 4.39 Å². The zero-order valence-electron chi connectivity index (χ0n) is 17.8. The van der Waals surface area contributed by atoms with Gasteiger partial charge in [-0.2, -0.15) is 0 Å². The van der Waals surface area contributed by atoms with Crippen molar-refractivity contribution in [2.75, 3.05) is 0 Å². The molecular weight excluding hydrogens is 365 g/mol. The minimum Gasteiger partial charge on any atom is -0.349 e. The first-order chi connectivity index (χ1) is 13.7. The Bertz CT molecular complexity index is 929. The van der Waals surface area contributed by atoms with Crippen molar-refractivity contribution in [3.8, 4) is 11.1 Å². The van der Waals surface area contributed by atoms with Gasteiger partial charge in [0.05, 0.1) is 0 Å². The van der Waals surface area contributed by atoms with Gasteiger partial charge in [-0.3, -0.25) is 9.59 Å². The Morgan fingerprint density at radius 2 is 1.86 bits per heavy atom. The van der Waals surface area contributed by atoms with E-state index in [1.165, 1.54) is 6.07 Å². The monoisotopic (exact) mass is 395 g/mol. The fourth-order valence-electron chi connectivity index (χ4n) is 3.42. The molecule has 1 aliphatic rings. The van der Waals surface area contributed by atoms with Crippen molar-refractivity contribution in [2.45, 2.75) is 65.8 Å². The van der Waals surface area contributed by atoms with E-state index in [0.717, 1.165) is 36.0 Å². The van der Waals surface area contributed by atoms with Gasteiger partial charge in [0.15, 0.2) is 0 Å². The topological polar surface area (TPSA) is 46.2 Å². The van der Waals surface area contributed by atoms with Crippen LogP contribution in [-0.4, -0.2) is 17.7 Å². The summed E-state index contributed by atoms with van der Waals surface area (Å²) in [6.45, 7) is 7.94. The zero-order valence-corrected chi connectivity index (χ0v) is 17.8. The molecular formula is C25H30FNO2. The molecule has 154 valence electrons. The minimum absolute atomic E-state index is 0.225. The summed E-state index contributed by atoms with van der Waals surface area (Å²) >= 11 is 0. The van der Waals surface area contributed by atoms with Gasteiger partial charge in [0.2, 0.25) is 0 Å². The lowest BCUT2D eigenvalue weighted by atomic mass is 9.92. The third-order valence-corrected chi connectivity index (χ3v) is 5.56. The number of amides is 1. The van der Waals surface area contributed by atoms with Gasteiger partial charge in [-0.25, -0.2) is 4.39 Å². The molecule has 0 aromatic heterocycles. The van der Waals surface area contributed by atoms with E-state index in [1.54, 1.807) is 13.0 Å². The summed E-state index contributed by atoms with van der Waals surface area (Å²) in [6, 6.07) is 9.15. The molecule has 0 aliphatic heterocycles. The Morgan fingerprint density at radius 3 is 2.48 bits per heavy atom. The highest BCUT2D eigenvalue weighted by Gasteiger charge is 2.24. The number of carbonyl (C=O) groups is 2. The summed E-state index contributed by atoms with van der Waals surface area (Å²) in [6.07, 6.45) is 3.91. The molecule has 3 rings (SSSR count). The van der Waals surface area contributed by atoms with Crippen LogP contribution in [0.2, 0.25) is 0 Å². The minimum atomic E-state index is -0.381. The van der Waals surface area contributed by atoms with E-state index in [4.69, 9.17) is 0 Å². The highest BCUT2D eigenvalue weighted by atomic mass is 19.1. The Kier molecular flexibility index (Phi) is 6.51. The second-order valence-corrected chi connectivity index (χ2v) is 8.67. The molecule has 0 heterocycles. The fraction of sp³-hybridized carbons (Fsp3) is 0.440. The SMILES string of the molecule is Cc1cc(-c2cc(C(=O)NC3CC3)cc(F)c2C)ccc1CC(=O)CCC(C)C. The second-order valence-electron chi connectivity index (χ2n) is 8.67. The smallest absolute Gasteiger partial charge is 0.251 e. The lowest BCUT2D eigenvalue weighted by Gasteiger charge is -2.13. The molecule has 1 saturated carbocycles. The number of benzene rings is 2. The Morgan fingerprint density at radius 1 is 1.14 bits per heavy atom. The van der Waals surface area contributed by atoms with Gasteiger partial charge < -0.3 is 5.32 Å². The Labute approximate surface area is 172 Å². The van der Waals surface area contributed by atoms with Crippen LogP contribution in [0.15, 0.2) is 30.3 Å². The summed E-state index contributed by atoms with van der Waals surface area (Å²) in [5.41, 5.74) is 4.45. The number of Topliss-reactive ketones (excluding diaryl/α,β-unsaturated/α-hetero) is 1. The third-order valence-electron chi connectivity index (χ3n) is 5.56. The second kappa shape index (κ2) is 8.89. The molecule has 0 saturated heterocycles. The molecule has 1 fully saturated rings.